The fraction of sp³-hybridized carbons (Fsp3) is 0.867. The Hall–Kier alpha value is -1.80. The van der Waals surface area contributed by atoms with E-state index >= 15 is 0 Å². The van der Waals surface area contributed by atoms with Gasteiger partial charge in [0.05, 0.1) is 6.10 Å². The van der Waals surface area contributed by atoms with Crippen molar-refractivity contribution in [2.45, 2.75) is 130 Å². The Morgan fingerprint density at radius 1 is 0.763 bits per heavy atom. The Bertz CT molecular complexity index is 735. The van der Waals surface area contributed by atoms with Crippen molar-refractivity contribution in [3.63, 3.8) is 0 Å². The van der Waals surface area contributed by atoms with Crippen LogP contribution in [0.1, 0.15) is 118 Å². The zero-order chi connectivity index (χ0) is 28.7. The molecule has 2 amide bonds. The predicted octanol–water partition coefficient (Wildman–Crippen LogP) is 4.05. The van der Waals surface area contributed by atoms with Gasteiger partial charge in [-0.25, -0.2) is 0 Å². The molecule has 0 aromatic carbocycles. The van der Waals surface area contributed by atoms with Crippen LogP contribution in [0.5, 0.6) is 0 Å². The molecule has 38 heavy (non-hydrogen) atoms. The number of rotatable bonds is 19. The monoisotopic (exact) mass is 537 g/mol. The second-order valence-corrected chi connectivity index (χ2v) is 11.7. The van der Waals surface area contributed by atoms with Crippen LogP contribution in [0.2, 0.25) is 0 Å². The molecule has 8 nitrogen and oxygen atoms in total. The van der Waals surface area contributed by atoms with E-state index in [1.807, 2.05) is 13.8 Å². The molecular weight excluding hydrogens is 482 g/mol. The number of ketones is 2. The fourth-order valence-electron chi connectivity index (χ4n) is 6.17. The summed E-state index contributed by atoms with van der Waals surface area (Å²) in [6.45, 7) is 7.29. The van der Waals surface area contributed by atoms with Gasteiger partial charge in [0.1, 0.15) is 11.6 Å². The van der Waals surface area contributed by atoms with Gasteiger partial charge in [-0.15, -0.1) is 0 Å². The van der Waals surface area contributed by atoms with E-state index in [9.17, 15) is 24.3 Å². The number of nitrogens with two attached hydrogens (primary N) is 2. The summed E-state index contributed by atoms with van der Waals surface area (Å²) in [5.41, 5.74) is 11.7. The van der Waals surface area contributed by atoms with Gasteiger partial charge in [0.25, 0.3) is 0 Å². The lowest BCUT2D eigenvalue weighted by Gasteiger charge is -2.34. The number of Topliss-reactive ketones (excluding diaryl/α,β-unsaturated/α-hetero) is 2. The quantitative estimate of drug-likeness (QED) is 0.195. The maximum absolute atomic E-state index is 12.8. The molecule has 8 heteroatoms. The molecule has 0 aromatic heterocycles. The second-order valence-electron chi connectivity index (χ2n) is 11.7. The first-order valence-electron chi connectivity index (χ1n) is 15.0. The van der Waals surface area contributed by atoms with Crippen LogP contribution < -0.4 is 16.8 Å². The number of aliphatic hydroxyl groups excluding tert-OH is 1. The van der Waals surface area contributed by atoms with Crippen molar-refractivity contribution >= 4 is 23.4 Å². The lowest BCUT2D eigenvalue weighted by Crippen LogP contribution is -2.46. The predicted molar refractivity (Wildman–Crippen MR) is 151 cm³/mol. The maximum Gasteiger partial charge on any atom is 0.220 e. The minimum Gasteiger partial charge on any atom is -0.391 e. The molecule has 0 spiro atoms. The highest BCUT2D eigenvalue weighted by atomic mass is 16.3. The van der Waals surface area contributed by atoms with Crippen LogP contribution in [-0.2, 0) is 19.2 Å². The van der Waals surface area contributed by atoms with Gasteiger partial charge in [0.15, 0.2) is 0 Å². The molecule has 0 saturated heterocycles. The van der Waals surface area contributed by atoms with Crippen LogP contribution in [-0.4, -0.2) is 47.2 Å². The first kappa shape index (κ1) is 34.2. The van der Waals surface area contributed by atoms with Crippen molar-refractivity contribution < 1.29 is 24.3 Å². The highest BCUT2D eigenvalue weighted by Crippen LogP contribution is 2.34. The molecule has 0 heterocycles. The van der Waals surface area contributed by atoms with Crippen LogP contribution in [0, 0.1) is 29.6 Å². The number of carbonyl (C=O) groups is 4. The average Bonchev–Trinajstić information content (AvgIpc) is 2.82. The summed E-state index contributed by atoms with van der Waals surface area (Å²) in [6.07, 6.45) is 10.7. The SMILES string of the molecule is CCCC(CC(CC(C(O)CNC1CCCCCCC1)C(CC(CCC)C(C)=O)C(N)=O)C(N)=O)C(C)=O. The molecule has 0 radical (unpaired) electrons. The van der Waals surface area contributed by atoms with Crippen molar-refractivity contribution in [3.8, 4) is 0 Å². The van der Waals surface area contributed by atoms with Crippen molar-refractivity contribution in [1.29, 1.82) is 0 Å². The molecule has 1 saturated carbocycles. The highest BCUT2D eigenvalue weighted by molar-refractivity contribution is 5.82. The molecule has 1 aliphatic rings. The molecule has 6 unspecified atom stereocenters. The number of hydrogen-bond donors (Lipinski definition) is 4. The number of primary amides is 2. The Morgan fingerprint density at radius 2 is 1.26 bits per heavy atom. The lowest BCUT2D eigenvalue weighted by molar-refractivity contribution is -0.131. The van der Waals surface area contributed by atoms with E-state index in [2.05, 4.69) is 5.32 Å². The summed E-state index contributed by atoms with van der Waals surface area (Å²) in [7, 11) is 0. The van der Waals surface area contributed by atoms with E-state index in [0.29, 0.717) is 18.9 Å². The lowest BCUT2D eigenvalue weighted by atomic mass is 9.73. The van der Waals surface area contributed by atoms with Crippen LogP contribution in [0.15, 0.2) is 0 Å². The smallest absolute Gasteiger partial charge is 0.220 e. The Morgan fingerprint density at radius 3 is 1.71 bits per heavy atom. The maximum atomic E-state index is 12.8. The van der Waals surface area contributed by atoms with Crippen LogP contribution in [0.25, 0.3) is 0 Å². The molecule has 0 aromatic rings. The van der Waals surface area contributed by atoms with Crippen molar-refractivity contribution in [1.82, 2.24) is 5.32 Å². The zero-order valence-electron chi connectivity index (χ0n) is 24.4. The van der Waals surface area contributed by atoms with E-state index in [0.717, 1.165) is 38.5 Å². The van der Waals surface area contributed by atoms with Gasteiger partial charge in [-0.3, -0.25) is 19.2 Å². The van der Waals surface area contributed by atoms with Crippen LogP contribution in [0.3, 0.4) is 0 Å². The second kappa shape index (κ2) is 18.5. The Labute approximate surface area is 230 Å². The third-order valence-electron chi connectivity index (χ3n) is 8.59. The van der Waals surface area contributed by atoms with E-state index in [-0.39, 0.29) is 49.2 Å². The molecule has 6 atom stereocenters. The van der Waals surface area contributed by atoms with Crippen LogP contribution in [0.4, 0.5) is 0 Å². The molecular formula is C30H55N3O5. The molecule has 0 aliphatic heterocycles. The molecule has 0 bridgehead atoms. The minimum absolute atomic E-state index is 0.00666. The minimum atomic E-state index is -0.948. The Balaban J connectivity index is 3.22. The van der Waals surface area contributed by atoms with E-state index in [1.165, 1.54) is 33.1 Å². The van der Waals surface area contributed by atoms with Crippen molar-refractivity contribution in [2.75, 3.05) is 6.54 Å². The van der Waals surface area contributed by atoms with Gasteiger partial charge < -0.3 is 21.9 Å². The first-order valence-corrected chi connectivity index (χ1v) is 15.0. The standard InChI is InChI=1S/C30H55N3O5/c1-5-12-22(20(3)34)16-24(29(31)37)18-26(27(30(32)38)17-23(13-6-2)21(4)35)28(36)19-33-25-14-10-8-7-9-11-15-25/h22-28,33,36H,5-19H2,1-4H3,(H2,31,37)(H2,32,38). The fourth-order valence-corrected chi connectivity index (χ4v) is 6.17. The summed E-state index contributed by atoms with van der Waals surface area (Å²) in [5.74, 6) is -3.90. The highest BCUT2D eigenvalue weighted by Gasteiger charge is 2.38. The van der Waals surface area contributed by atoms with E-state index in [4.69, 9.17) is 11.5 Å². The number of carbonyl (C=O) groups excluding carboxylic acids is 4. The zero-order valence-corrected chi connectivity index (χ0v) is 24.4. The van der Waals surface area contributed by atoms with Gasteiger partial charge in [-0.2, -0.15) is 0 Å². The van der Waals surface area contributed by atoms with Gasteiger partial charge in [-0.1, -0.05) is 58.8 Å². The number of amides is 2. The number of hydrogen-bond acceptors (Lipinski definition) is 6. The molecule has 1 fully saturated rings. The van der Waals surface area contributed by atoms with Gasteiger partial charge in [-0.05, 0) is 64.7 Å². The van der Waals surface area contributed by atoms with E-state index in [1.54, 1.807) is 0 Å². The molecule has 220 valence electrons. The summed E-state index contributed by atoms with van der Waals surface area (Å²) >= 11 is 0. The molecule has 1 rings (SSSR count). The first-order chi connectivity index (χ1) is 18.0. The summed E-state index contributed by atoms with van der Waals surface area (Å²) in [6, 6.07) is 0.293. The van der Waals surface area contributed by atoms with E-state index < -0.39 is 35.7 Å². The van der Waals surface area contributed by atoms with Crippen LogP contribution >= 0.6 is 0 Å². The normalized spacial score (nSPS) is 19.8. The van der Waals surface area contributed by atoms with Gasteiger partial charge >= 0.3 is 0 Å². The van der Waals surface area contributed by atoms with Gasteiger partial charge in [0.2, 0.25) is 11.8 Å². The van der Waals surface area contributed by atoms with Crippen molar-refractivity contribution in [3.05, 3.63) is 0 Å². The summed E-state index contributed by atoms with van der Waals surface area (Å²) in [5, 5.41) is 15.0. The summed E-state index contributed by atoms with van der Waals surface area (Å²) < 4.78 is 0. The van der Waals surface area contributed by atoms with Crippen molar-refractivity contribution in [2.24, 2.45) is 41.1 Å². The number of aliphatic hydroxyl groups is 1. The summed E-state index contributed by atoms with van der Waals surface area (Å²) in [4.78, 5) is 50.0. The largest absolute Gasteiger partial charge is 0.391 e. The molecule has 1 aliphatic carbocycles. The topological polar surface area (TPSA) is 153 Å². The third-order valence-corrected chi connectivity index (χ3v) is 8.59. The molecule has 6 N–H and O–H groups in total. The third kappa shape index (κ3) is 12.4. The van der Waals surface area contributed by atoms with Gasteiger partial charge in [0, 0.05) is 36.3 Å². The average molecular weight is 538 g/mol. The number of nitrogens with one attached hydrogen (secondary N) is 1. The Kier molecular flexibility index (Phi) is 16.6.